The van der Waals surface area contributed by atoms with E-state index in [1.54, 1.807) is 6.33 Å². The number of carbonyl (C=O) groups is 3. The molecule has 1 aliphatic carbocycles. The molecule has 0 unspecified atom stereocenters. The highest BCUT2D eigenvalue weighted by Gasteiger charge is 2.37. The van der Waals surface area contributed by atoms with Gasteiger partial charge in [-0.1, -0.05) is 12.1 Å². The Morgan fingerprint density at radius 1 is 0.921 bits per heavy atom. The van der Waals surface area contributed by atoms with Crippen molar-refractivity contribution in [1.29, 1.82) is 0 Å². The average molecular weight is 532 g/mol. The van der Waals surface area contributed by atoms with Crippen molar-refractivity contribution in [3.05, 3.63) is 51.7 Å². The number of urea groups is 1. The molecule has 38 heavy (non-hydrogen) atoms. The van der Waals surface area contributed by atoms with E-state index in [-0.39, 0.29) is 24.8 Å². The van der Waals surface area contributed by atoms with Crippen molar-refractivity contribution in [3.8, 4) is 0 Å². The number of aromatic nitrogens is 2. The Labute approximate surface area is 224 Å². The molecule has 2 aromatic heterocycles. The molecule has 0 atom stereocenters. The molecule has 4 aliphatic rings. The number of fused-ring (bicyclic) bond motifs is 4. The minimum Gasteiger partial charge on any atom is -0.353 e. The average Bonchev–Trinajstić information content (AvgIpc) is 3.46. The second-order valence-electron chi connectivity index (χ2n) is 10.4. The summed E-state index contributed by atoms with van der Waals surface area (Å²) in [7, 11) is 0. The first kappa shape index (κ1) is 23.5. The number of benzene rings is 1. The first-order chi connectivity index (χ1) is 18.5. The molecule has 3 aliphatic heterocycles. The maximum atomic E-state index is 13.0. The lowest BCUT2D eigenvalue weighted by Crippen LogP contribution is -2.56. The zero-order valence-electron chi connectivity index (χ0n) is 21.1. The summed E-state index contributed by atoms with van der Waals surface area (Å²) in [5.74, 6) is 0.585. The van der Waals surface area contributed by atoms with Crippen LogP contribution in [0.4, 0.5) is 10.6 Å². The second kappa shape index (κ2) is 9.32. The molecule has 1 N–H and O–H groups in total. The third-order valence-electron chi connectivity index (χ3n) is 8.09. The number of rotatable bonds is 4. The van der Waals surface area contributed by atoms with Crippen molar-refractivity contribution in [2.75, 3.05) is 37.6 Å². The van der Waals surface area contributed by atoms with Crippen LogP contribution in [0.25, 0.3) is 10.2 Å². The van der Waals surface area contributed by atoms with Crippen molar-refractivity contribution in [2.45, 2.75) is 45.2 Å². The van der Waals surface area contributed by atoms with Crippen LogP contribution in [0, 0.1) is 0 Å². The van der Waals surface area contributed by atoms with E-state index in [4.69, 9.17) is 4.98 Å². The van der Waals surface area contributed by atoms with Crippen molar-refractivity contribution in [1.82, 2.24) is 30.2 Å². The fraction of sp³-hybridized carbons (Fsp3) is 0.444. The molecule has 7 rings (SSSR count). The van der Waals surface area contributed by atoms with E-state index < -0.39 is 6.03 Å². The fourth-order valence-corrected chi connectivity index (χ4v) is 7.35. The Bertz CT molecular complexity index is 1460. The monoisotopic (exact) mass is 531 g/mol. The Balaban J connectivity index is 1.02. The lowest BCUT2D eigenvalue weighted by Gasteiger charge is -2.35. The zero-order chi connectivity index (χ0) is 25.8. The summed E-state index contributed by atoms with van der Waals surface area (Å²) in [6.07, 6.45) is 6.72. The van der Waals surface area contributed by atoms with E-state index in [9.17, 15) is 14.4 Å². The second-order valence-corrected chi connectivity index (χ2v) is 11.5. The van der Waals surface area contributed by atoms with Crippen LogP contribution < -0.4 is 10.2 Å². The smallest absolute Gasteiger partial charge is 0.342 e. The first-order valence-electron chi connectivity index (χ1n) is 13.3. The number of carbonyl (C=O) groups excluding carboxylic acids is 3. The predicted molar refractivity (Wildman–Crippen MR) is 143 cm³/mol. The largest absolute Gasteiger partial charge is 0.353 e. The minimum absolute atomic E-state index is 0.193. The van der Waals surface area contributed by atoms with Gasteiger partial charge in [-0.2, -0.15) is 0 Å². The third-order valence-corrected chi connectivity index (χ3v) is 9.29. The van der Waals surface area contributed by atoms with Crippen LogP contribution in [-0.4, -0.2) is 75.5 Å². The lowest BCUT2D eigenvalue weighted by atomic mass is 9.97. The summed E-state index contributed by atoms with van der Waals surface area (Å²) in [4.78, 5) is 53.5. The van der Waals surface area contributed by atoms with Gasteiger partial charge < -0.3 is 4.90 Å². The minimum atomic E-state index is -0.538. The Hall–Kier alpha value is -3.57. The molecule has 196 valence electrons. The molecule has 0 bridgehead atoms. The molecule has 0 saturated carbocycles. The van der Waals surface area contributed by atoms with Gasteiger partial charge in [0.2, 0.25) is 5.91 Å². The highest BCUT2D eigenvalue weighted by Crippen LogP contribution is 2.39. The van der Waals surface area contributed by atoms with Crippen LogP contribution in [0.3, 0.4) is 0 Å². The Morgan fingerprint density at radius 3 is 2.61 bits per heavy atom. The molecule has 0 spiro atoms. The highest BCUT2D eigenvalue weighted by molar-refractivity contribution is 7.19. The Kier molecular flexibility index (Phi) is 5.77. The first-order valence-corrected chi connectivity index (χ1v) is 14.1. The van der Waals surface area contributed by atoms with Crippen molar-refractivity contribution in [3.63, 3.8) is 0 Å². The molecule has 11 heteroatoms. The van der Waals surface area contributed by atoms with E-state index >= 15 is 0 Å². The van der Waals surface area contributed by atoms with Crippen LogP contribution in [0.2, 0.25) is 0 Å². The summed E-state index contributed by atoms with van der Waals surface area (Å²) in [6, 6.07) is 5.42. The molecule has 4 amide bonds. The number of nitrogens with one attached hydrogen (secondary N) is 1. The number of aryl methyl sites for hydroxylation is 2. The summed E-state index contributed by atoms with van der Waals surface area (Å²) in [5.41, 5.74) is 4.17. The molecular formula is C27H29N7O3S. The molecule has 2 saturated heterocycles. The third kappa shape index (κ3) is 4.01. The van der Waals surface area contributed by atoms with Gasteiger partial charge in [0.1, 0.15) is 17.0 Å². The summed E-state index contributed by atoms with van der Waals surface area (Å²) in [5, 5.41) is 6.36. The van der Waals surface area contributed by atoms with Gasteiger partial charge in [-0.05, 0) is 48.4 Å². The van der Waals surface area contributed by atoms with Crippen molar-refractivity contribution in [2.24, 2.45) is 0 Å². The summed E-state index contributed by atoms with van der Waals surface area (Å²) >= 11 is 1.84. The van der Waals surface area contributed by atoms with Crippen LogP contribution >= 0.6 is 11.3 Å². The summed E-state index contributed by atoms with van der Waals surface area (Å²) < 4.78 is 0. The van der Waals surface area contributed by atoms with Gasteiger partial charge in [0, 0.05) is 49.6 Å². The SMILES string of the molecule is O=C1CCN(N2Cc3cc(CN4CCN(c5ncnc6sc7c(c56)CCCC7)CC4)ccc3C2=O)C(=O)N1. The fourth-order valence-electron chi connectivity index (χ4n) is 6.13. The maximum Gasteiger partial charge on any atom is 0.342 e. The number of nitrogens with zero attached hydrogens (tertiary/aromatic N) is 6. The number of amides is 4. The number of hydrazine groups is 1. The van der Waals surface area contributed by atoms with Gasteiger partial charge in [-0.15, -0.1) is 11.3 Å². The standard InChI is InChI=1S/C27H29N7O3S/c35-22-7-8-33(27(37)30-22)34-15-18-13-17(5-6-19(18)26(34)36)14-31-9-11-32(12-10-31)24-23-20-3-1-2-4-21(20)38-25(23)29-16-28-24/h5-6,13,16H,1-4,7-12,14-15H2,(H,30,35,37). The van der Waals surface area contributed by atoms with Gasteiger partial charge in [-0.3, -0.25) is 19.8 Å². The van der Waals surface area contributed by atoms with Crippen LogP contribution in [0.5, 0.6) is 0 Å². The lowest BCUT2D eigenvalue weighted by molar-refractivity contribution is -0.123. The van der Waals surface area contributed by atoms with Gasteiger partial charge in [-0.25, -0.2) is 24.8 Å². The quantitative estimate of drug-likeness (QED) is 0.552. The van der Waals surface area contributed by atoms with E-state index in [1.165, 1.54) is 45.1 Å². The molecule has 3 aromatic rings. The highest BCUT2D eigenvalue weighted by atomic mass is 32.1. The molecule has 0 radical (unpaired) electrons. The van der Waals surface area contributed by atoms with Gasteiger partial charge in [0.15, 0.2) is 0 Å². The number of hydrogen-bond acceptors (Lipinski definition) is 8. The number of hydrogen-bond donors (Lipinski definition) is 1. The maximum absolute atomic E-state index is 13.0. The molecule has 1 aromatic carbocycles. The number of piperazine rings is 1. The van der Waals surface area contributed by atoms with E-state index in [0.29, 0.717) is 12.1 Å². The molecule has 10 nitrogen and oxygen atoms in total. The molecular weight excluding hydrogens is 502 g/mol. The van der Waals surface area contributed by atoms with Gasteiger partial charge in [0.05, 0.1) is 18.5 Å². The van der Waals surface area contributed by atoms with Crippen molar-refractivity contribution >= 4 is 45.2 Å². The normalized spacial score (nSPS) is 20.2. The van der Waals surface area contributed by atoms with Crippen molar-refractivity contribution < 1.29 is 14.4 Å². The molecule has 5 heterocycles. The number of thiophene rings is 1. The van der Waals surface area contributed by atoms with Crippen LogP contribution in [0.15, 0.2) is 24.5 Å². The predicted octanol–water partition coefficient (Wildman–Crippen LogP) is 2.71. The summed E-state index contributed by atoms with van der Waals surface area (Å²) in [6.45, 7) is 5.05. The van der Waals surface area contributed by atoms with Gasteiger partial charge in [0.25, 0.3) is 5.91 Å². The van der Waals surface area contributed by atoms with Crippen LogP contribution in [-0.2, 0) is 30.7 Å². The van der Waals surface area contributed by atoms with E-state index in [0.717, 1.165) is 60.9 Å². The van der Waals surface area contributed by atoms with E-state index in [2.05, 4.69) is 26.2 Å². The van der Waals surface area contributed by atoms with E-state index in [1.807, 2.05) is 23.5 Å². The topological polar surface area (TPSA) is 102 Å². The number of imide groups is 1. The van der Waals surface area contributed by atoms with Crippen LogP contribution in [0.1, 0.15) is 51.2 Å². The molecule has 2 fully saturated rings. The Morgan fingerprint density at radius 2 is 1.76 bits per heavy atom. The number of anilines is 1. The zero-order valence-corrected chi connectivity index (χ0v) is 21.9. The van der Waals surface area contributed by atoms with Gasteiger partial charge >= 0.3 is 6.03 Å².